The van der Waals surface area contributed by atoms with Crippen LogP contribution in [0, 0.1) is 13.8 Å². The van der Waals surface area contributed by atoms with Crippen LogP contribution in [0.5, 0.6) is 5.75 Å². The summed E-state index contributed by atoms with van der Waals surface area (Å²) in [4.78, 5) is 8.65. The Morgan fingerprint density at radius 1 is 1.24 bits per heavy atom. The summed E-state index contributed by atoms with van der Waals surface area (Å²) >= 11 is 0. The minimum Gasteiger partial charge on any atom is -0.488 e. The molecule has 0 spiro atoms. The summed E-state index contributed by atoms with van der Waals surface area (Å²) in [7, 11) is 1.78. The molecule has 1 aromatic heterocycles. The van der Waals surface area contributed by atoms with Crippen LogP contribution in [0.1, 0.15) is 28.8 Å². The van der Waals surface area contributed by atoms with E-state index in [0.29, 0.717) is 13.2 Å². The summed E-state index contributed by atoms with van der Waals surface area (Å²) in [6.07, 6.45) is 3.91. The maximum absolute atomic E-state index is 6.17. The van der Waals surface area contributed by atoms with Crippen LogP contribution in [0.2, 0.25) is 0 Å². The van der Waals surface area contributed by atoms with E-state index in [2.05, 4.69) is 51.8 Å². The molecule has 3 rings (SSSR count). The summed E-state index contributed by atoms with van der Waals surface area (Å²) in [6.45, 7) is 6.96. The summed E-state index contributed by atoms with van der Waals surface area (Å²) < 4.78 is 11.6. The predicted octanol–water partition coefficient (Wildman–Crippen LogP) is 3.39. The third kappa shape index (κ3) is 7.47. The summed E-state index contributed by atoms with van der Waals surface area (Å²) in [6, 6.07) is 10.5. The van der Waals surface area contributed by atoms with Crippen molar-refractivity contribution in [3.63, 3.8) is 0 Å². The van der Waals surface area contributed by atoms with Gasteiger partial charge in [-0.25, -0.2) is 0 Å². The molecule has 0 bridgehead atoms. The zero-order chi connectivity index (χ0) is 19.8. The van der Waals surface area contributed by atoms with Gasteiger partial charge in [0.1, 0.15) is 11.9 Å². The highest BCUT2D eigenvalue weighted by Gasteiger charge is 2.18. The van der Waals surface area contributed by atoms with Crippen molar-refractivity contribution in [2.24, 2.45) is 4.99 Å². The van der Waals surface area contributed by atoms with Gasteiger partial charge < -0.3 is 20.1 Å². The van der Waals surface area contributed by atoms with Gasteiger partial charge >= 0.3 is 0 Å². The van der Waals surface area contributed by atoms with Crippen molar-refractivity contribution in [1.82, 2.24) is 15.6 Å². The molecular formula is C22H31IN4O2. The van der Waals surface area contributed by atoms with E-state index in [0.717, 1.165) is 49.0 Å². The number of nitrogens with one attached hydrogen (secondary N) is 2. The first kappa shape index (κ1) is 23.4. The van der Waals surface area contributed by atoms with Crippen LogP contribution in [0.15, 0.2) is 41.5 Å². The first-order valence-corrected chi connectivity index (χ1v) is 9.84. The lowest BCUT2D eigenvalue weighted by Gasteiger charge is -2.18. The van der Waals surface area contributed by atoms with Gasteiger partial charge in [0.05, 0.1) is 13.2 Å². The molecule has 29 heavy (non-hydrogen) atoms. The largest absolute Gasteiger partial charge is 0.488 e. The number of rotatable bonds is 7. The molecule has 158 valence electrons. The van der Waals surface area contributed by atoms with Crippen molar-refractivity contribution in [2.45, 2.75) is 39.3 Å². The van der Waals surface area contributed by atoms with Gasteiger partial charge in [0.2, 0.25) is 0 Å². The van der Waals surface area contributed by atoms with Crippen LogP contribution in [-0.4, -0.2) is 43.9 Å². The fourth-order valence-corrected chi connectivity index (χ4v) is 3.07. The lowest BCUT2D eigenvalue weighted by Crippen LogP contribution is -2.38. The van der Waals surface area contributed by atoms with E-state index in [1.807, 2.05) is 19.2 Å². The molecule has 1 aromatic carbocycles. The zero-order valence-corrected chi connectivity index (χ0v) is 19.7. The van der Waals surface area contributed by atoms with Crippen molar-refractivity contribution in [2.75, 3.05) is 26.8 Å². The SMILES string of the molecule is CN=C(NCCc1ccc(C)nc1)NCc1ccc(C)cc1OC1CCOC1.I. The molecular weight excluding hydrogens is 479 g/mol. The van der Waals surface area contributed by atoms with E-state index in [1.54, 1.807) is 7.05 Å². The molecule has 6 nitrogen and oxygen atoms in total. The van der Waals surface area contributed by atoms with E-state index in [9.17, 15) is 0 Å². The Morgan fingerprint density at radius 3 is 2.79 bits per heavy atom. The topological polar surface area (TPSA) is 67.8 Å². The smallest absolute Gasteiger partial charge is 0.191 e. The van der Waals surface area contributed by atoms with Crippen LogP contribution in [-0.2, 0) is 17.7 Å². The third-order valence-corrected chi connectivity index (χ3v) is 4.75. The second-order valence-corrected chi connectivity index (χ2v) is 7.12. The van der Waals surface area contributed by atoms with Crippen LogP contribution in [0.3, 0.4) is 0 Å². The summed E-state index contributed by atoms with van der Waals surface area (Å²) in [5, 5.41) is 6.73. The number of ether oxygens (including phenoxy) is 2. The highest BCUT2D eigenvalue weighted by molar-refractivity contribution is 14.0. The standard InChI is InChI=1S/C22H30N4O2.HI/c1-16-4-7-19(21(12-16)28-20-9-11-27-15-20)14-26-22(23-3)24-10-8-18-6-5-17(2)25-13-18;/h4-7,12-13,20H,8-11,14-15H2,1-3H3,(H2,23,24,26);1H. The van der Waals surface area contributed by atoms with Gasteiger partial charge in [-0.15, -0.1) is 24.0 Å². The lowest BCUT2D eigenvalue weighted by molar-refractivity contribution is 0.140. The van der Waals surface area contributed by atoms with Gasteiger partial charge in [-0.3, -0.25) is 9.98 Å². The molecule has 2 aromatic rings. The molecule has 1 aliphatic heterocycles. The number of halogens is 1. The summed E-state index contributed by atoms with van der Waals surface area (Å²) in [5.41, 5.74) is 4.55. The fraction of sp³-hybridized carbons (Fsp3) is 0.455. The first-order valence-electron chi connectivity index (χ1n) is 9.84. The van der Waals surface area contributed by atoms with Crippen molar-refractivity contribution >= 4 is 29.9 Å². The molecule has 0 saturated carbocycles. The monoisotopic (exact) mass is 510 g/mol. The van der Waals surface area contributed by atoms with E-state index < -0.39 is 0 Å². The number of aromatic nitrogens is 1. The van der Waals surface area contributed by atoms with Gasteiger partial charge in [0, 0.05) is 44.0 Å². The number of guanidine groups is 1. The second-order valence-electron chi connectivity index (χ2n) is 7.12. The Kier molecular flexibility index (Phi) is 9.66. The molecule has 7 heteroatoms. The number of hydrogen-bond donors (Lipinski definition) is 2. The number of benzene rings is 1. The number of aliphatic imine (C=N–C) groups is 1. The normalized spacial score (nSPS) is 16.2. The number of pyridine rings is 1. The second kappa shape index (κ2) is 12.0. The highest BCUT2D eigenvalue weighted by atomic mass is 127. The Bertz CT molecular complexity index is 790. The van der Waals surface area contributed by atoms with E-state index in [1.165, 1.54) is 11.1 Å². The molecule has 1 atom stereocenters. The van der Waals surface area contributed by atoms with Crippen LogP contribution in [0.25, 0.3) is 0 Å². The molecule has 2 heterocycles. The van der Waals surface area contributed by atoms with Crippen molar-refractivity contribution in [3.8, 4) is 5.75 Å². The van der Waals surface area contributed by atoms with Gasteiger partial charge in [-0.1, -0.05) is 18.2 Å². The van der Waals surface area contributed by atoms with Gasteiger partial charge in [0.15, 0.2) is 5.96 Å². The average Bonchev–Trinajstić information content (AvgIpc) is 3.20. The van der Waals surface area contributed by atoms with Gasteiger partial charge in [-0.05, 0) is 43.5 Å². The maximum atomic E-state index is 6.17. The van der Waals surface area contributed by atoms with E-state index in [4.69, 9.17) is 9.47 Å². The quantitative estimate of drug-likeness (QED) is 0.340. The van der Waals surface area contributed by atoms with E-state index in [-0.39, 0.29) is 30.1 Å². The predicted molar refractivity (Wildman–Crippen MR) is 127 cm³/mol. The van der Waals surface area contributed by atoms with Crippen molar-refractivity contribution in [3.05, 3.63) is 58.9 Å². The third-order valence-electron chi connectivity index (χ3n) is 4.75. The molecule has 1 saturated heterocycles. The maximum Gasteiger partial charge on any atom is 0.191 e. The van der Waals surface area contributed by atoms with Crippen LogP contribution in [0.4, 0.5) is 0 Å². The molecule has 0 amide bonds. The number of nitrogens with zero attached hydrogens (tertiary/aromatic N) is 2. The number of aryl methyl sites for hydroxylation is 2. The fourth-order valence-electron chi connectivity index (χ4n) is 3.07. The lowest BCUT2D eigenvalue weighted by atomic mass is 10.1. The Labute approximate surface area is 190 Å². The van der Waals surface area contributed by atoms with Gasteiger partial charge in [-0.2, -0.15) is 0 Å². The molecule has 0 radical (unpaired) electrons. The highest BCUT2D eigenvalue weighted by Crippen LogP contribution is 2.23. The van der Waals surface area contributed by atoms with Crippen molar-refractivity contribution < 1.29 is 9.47 Å². The van der Waals surface area contributed by atoms with E-state index >= 15 is 0 Å². The minimum atomic E-state index is 0. The Morgan fingerprint density at radius 2 is 2.10 bits per heavy atom. The Balaban J connectivity index is 0.00000300. The van der Waals surface area contributed by atoms with Gasteiger partial charge in [0.25, 0.3) is 0 Å². The summed E-state index contributed by atoms with van der Waals surface area (Å²) in [5.74, 6) is 1.69. The van der Waals surface area contributed by atoms with Crippen molar-refractivity contribution in [1.29, 1.82) is 0 Å². The molecule has 2 N–H and O–H groups in total. The Hall–Kier alpha value is -1.87. The number of hydrogen-bond acceptors (Lipinski definition) is 4. The zero-order valence-electron chi connectivity index (χ0n) is 17.4. The molecule has 1 unspecified atom stereocenters. The van der Waals surface area contributed by atoms with Crippen LogP contribution >= 0.6 is 24.0 Å². The molecule has 1 aliphatic rings. The average molecular weight is 510 g/mol. The molecule has 1 fully saturated rings. The first-order chi connectivity index (χ1) is 13.6. The minimum absolute atomic E-state index is 0. The van der Waals surface area contributed by atoms with Crippen LogP contribution < -0.4 is 15.4 Å². The molecule has 0 aliphatic carbocycles.